The molecule has 0 saturated heterocycles. The van der Waals surface area contributed by atoms with E-state index >= 15 is 0 Å². The molecule has 0 aromatic carbocycles. The highest BCUT2D eigenvalue weighted by Gasteiger charge is 2.22. The smallest absolute Gasteiger partial charge is 0.194 e. The molecule has 0 aliphatic heterocycles. The van der Waals surface area contributed by atoms with Crippen LogP contribution in [0.3, 0.4) is 0 Å². The fourth-order valence-corrected chi connectivity index (χ4v) is 1.85. The van der Waals surface area contributed by atoms with E-state index in [9.17, 15) is 5.11 Å². The van der Waals surface area contributed by atoms with Gasteiger partial charge in [-0.15, -0.1) is 0 Å². The van der Waals surface area contributed by atoms with Crippen molar-refractivity contribution in [1.82, 2.24) is 4.98 Å². The zero-order valence-electron chi connectivity index (χ0n) is 8.79. The standard InChI is InChI=1S/C11H17NO2/c1-7(2)5-11-12-9-4-3-8(13)6-10(9)14-11/h7-8,13H,3-6H2,1-2H3. The quantitative estimate of drug-likeness (QED) is 0.781. The summed E-state index contributed by atoms with van der Waals surface area (Å²) in [7, 11) is 0. The molecule has 1 aliphatic carbocycles. The van der Waals surface area contributed by atoms with Gasteiger partial charge < -0.3 is 9.52 Å². The Labute approximate surface area is 84.2 Å². The van der Waals surface area contributed by atoms with Crippen LogP contribution < -0.4 is 0 Å². The van der Waals surface area contributed by atoms with Gasteiger partial charge in [-0.05, 0) is 18.8 Å². The number of aliphatic hydroxyl groups is 1. The molecule has 14 heavy (non-hydrogen) atoms. The molecule has 3 heteroatoms. The van der Waals surface area contributed by atoms with Crippen LogP contribution in [0, 0.1) is 5.92 Å². The summed E-state index contributed by atoms with van der Waals surface area (Å²) in [6, 6.07) is 0. The van der Waals surface area contributed by atoms with Gasteiger partial charge >= 0.3 is 0 Å². The highest BCUT2D eigenvalue weighted by molar-refractivity contribution is 5.14. The minimum atomic E-state index is -0.234. The zero-order chi connectivity index (χ0) is 10.1. The van der Waals surface area contributed by atoms with E-state index in [2.05, 4.69) is 18.8 Å². The van der Waals surface area contributed by atoms with Crippen LogP contribution in [-0.4, -0.2) is 16.2 Å². The molecule has 3 nitrogen and oxygen atoms in total. The molecule has 1 aromatic rings. The maximum atomic E-state index is 9.46. The van der Waals surface area contributed by atoms with E-state index in [1.165, 1.54) is 0 Å². The molecule has 0 spiro atoms. The van der Waals surface area contributed by atoms with E-state index in [4.69, 9.17) is 4.42 Å². The van der Waals surface area contributed by atoms with Crippen molar-refractivity contribution >= 4 is 0 Å². The fraction of sp³-hybridized carbons (Fsp3) is 0.727. The minimum Gasteiger partial charge on any atom is -0.445 e. The van der Waals surface area contributed by atoms with Gasteiger partial charge in [0.05, 0.1) is 11.8 Å². The number of oxazole rings is 1. The third-order valence-electron chi connectivity index (χ3n) is 2.54. The van der Waals surface area contributed by atoms with Crippen molar-refractivity contribution in [3.8, 4) is 0 Å². The summed E-state index contributed by atoms with van der Waals surface area (Å²) in [6.07, 6.45) is 2.98. The van der Waals surface area contributed by atoms with E-state index < -0.39 is 0 Å². The van der Waals surface area contributed by atoms with Gasteiger partial charge in [0.1, 0.15) is 5.76 Å². The number of fused-ring (bicyclic) bond motifs is 1. The van der Waals surface area contributed by atoms with Crippen LogP contribution in [0.1, 0.15) is 37.6 Å². The molecule has 0 saturated carbocycles. The zero-order valence-corrected chi connectivity index (χ0v) is 8.79. The molecule has 0 amide bonds. The normalized spacial score (nSPS) is 21.3. The summed E-state index contributed by atoms with van der Waals surface area (Å²) in [5.41, 5.74) is 1.06. The fourth-order valence-electron chi connectivity index (χ4n) is 1.85. The maximum Gasteiger partial charge on any atom is 0.194 e. The average Bonchev–Trinajstić information content (AvgIpc) is 2.44. The third kappa shape index (κ3) is 1.98. The number of nitrogens with zero attached hydrogens (tertiary/aromatic N) is 1. The van der Waals surface area contributed by atoms with Gasteiger partial charge in [-0.3, -0.25) is 0 Å². The Hall–Kier alpha value is -0.830. The van der Waals surface area contributed by atoms with Gasteiger partial charge in [0.15, 0.2) is 5.89 Å². The Morgan fingerprint density at radius 3 is 3.07 bits per heavy atom. The van der Waals surface area contributed by atoms with E-state index in [0.717, 1.165) is 36.6 Å². The molecule has 1 unspecified atom stereocenters. The van der Waals surface area contributed by atoms with Crippen LogP contribution in [0.15, 0.2) is 4.42 Å². The molecule has 2 rings (SSSR count). The highest BCUT2D eigenvalue weighted by atomic mass is 16.4. The SMILES string of the molecule is CC(C)Cc1nc2c(o1)CC(O)CC2. The van der Waals surface area contributed by atoms with E-state index in [1.807, 2.05) is 0 Å². The molecule has 1 heterocycles. The van der Waals surface area contributed by atoms with Crippen molar-refractivity contribution in [3.05, 3.63) is 17.3 Å². The largest absolute Gasteiger partial charge is 0.445 e. The molecule has 0 fully saturated rings. The predicted octanol–water partition coefficient (Wildman–Crippen LogP) is 1.72. The van der Waals surface area contributed by atoms with Crippen molar-refractivity contribution in [2.45, 2.75) is 45.6 Å². The van der Waals surface area contributed by atoms with Gasteiger partial charge in [-0.2, -0.15) is 0 Å². The van der Waals surface area contributed by atoms with Crippen molar-refractivity contribution < 1.29 is 9.52 Å². The lowest BCUT2D eigenvalue weighted by Gasteiger charge is -2.13. The molecular formula is C11H17NO2. The summed E-state index contributed by atoms with van der Waals surface area (Å²) < 4.78 is 5.62. The topological polar surface area (TPSA) is 46.3 Å². The van der Waals surface area contributed by atoms with Gasteiger partial charge in [0.25, 0.3) is 0 Å². The van der Waals surface area contributed by atoms with Crippen molar-refractivity contribution in [1.29, 1.82) is 0 Å². The van der Waals surface area contributed by atoms with Crippen LogP contribution in [0.5, 0.6) is 0 Å². The van der Waals surface area contributed by atoms with Crippen LogP contribution in [0.2, 0.25) is 0 Å². The van der Waals surface area contributed by atoms with Gasteiger partial charge in [0.2, 0.25) is 0 Å². The maximum absolute atomic E-state index is 9.46. The summed E-state index contributed by atoms with van der Waals surface area (Å²) in [5.74, 6) is 2.30. The second kappa shape index (κ2) is 3.73. The molecular weight excluding hydrogens is 178 g/mol. The van der Waals surface area contributed by atoms with Crippen LogP contribution in [0.25, 0.3) is 0 Å². The Morgan fingerprint density at radius 2 is 2.36 bits per heavy atom. The number of aromatic nitrogens is 1. The lowest BCUT2D eigenvalue weighted by atomic mass is 9.99. The Morgan fingerprint density at radius 1 is 1.57 bits per heavy atom. The molecule has 0 radical (unpaired) electrons. The summed E-state index contributed by atoms with van der Waals surface area (Å²) in [5, 5.41) is 9.46. The van der Waals surface area contributed by atoms with Gasteiger partial charge in [0, 0.05) is 12.8 Å². The number of aliphatic hydroxyl groups excluding tert-OH is 1. The Kier molecular flexibility index (Phi) is 2.59. The number of hydrogen-bond acceptors (Lipinski definition) is 3. The molecule has 1 aliphatic rings. The van der Waals surface area contributed by atoms with E-state index in [1.54, 1.807) is 0 Å². The number of hydrogen-bond donors (Lipinski definition) is 1. The summed E-state index contributed by atoms with van der Waals surface area (Å²) in [6.45, 7) is 4.30. The molecule has 1 aromatic heterocycles. The lowest BCUT2D eigenvalue weighted by Crippen LogP contribution is -2.17. The van der Waals surface area contributed by atoms with E-state index in [-0.39, 0.29) is 6.10 Å². The third-order valence-corrected chi connectivity index (χ3v) is 2.54. The molecule has 1 atom stereocenters. The first kappa shape index (κ1) is 9.71. The molecule has 1 N–H and O–H groups in total. The summed E-state index contributed by atoms with van der Waals surface area (Å²) in [4.78, 5) is 4.45. The lowest BCUT2D eigenvalue weighted by molar-refractivity contribution is 0.149. The average molecular weight is 195 g/mol. The van der Waals surface area contributed by atoms with Crippen LogP contribution in [0.4, 0.5) is 0 Å². The monoisotopic (exact) mass is 195 g/mol. The second-order valence-corrected chi connectivity index (χ2v) is 4.47. The van der Waals surface area contributed by atoms with Gasteiger partial charge in [-0.1, -0.05) is 13.8 Å². The Bertz CT molecular complexity index is 317. The van der Waals surface area contributed by atoms with Crippen LogP contribution in [-0.2, 0) is 19.3 Å². The first-order valence-electron chi connectivity index (χ1n) is 5.30. The van der Waals surface area contributed by atoms with Crippen molar-refractivity contribution in [2.75, 3.05) is 0 Å². The minimum absolute atomic E-state index is 0.234. The van der Waals surface area contributed by atoms with Crippen molar-refractivity contribution in [2.24, 2.45) is 5.92 Å². The van der Waals surface area contributed by atoms with Crippen LogP contribution >= 0.6 is 0 Å². The second-order valence-electron chi connectivity index (χ2n) is 4.47. The van der Waals surface area contributed by atoms with E-state index in [0.29, 0.717) is 12.3 Å². The van der Waals surface area contributed by atoms with Gasteiger partial charge in [-0.25, -0.2) is 4.98 Å². The first-order chi connectivity index (χ1) is 6.65. The summed E-state index contributed by atoms with van der Waals surface area (Å²) >= 11 is 0. The number of rotatable bonds is 2. The molecule has 0 bridgehead atoms. The van der Waals surface area contributed by atoms with Crippen molar-refractivity contribution in [3.63, 3.8) is 0 Å². The Balaban J connectivity index is 2.15. The predicted molar refractivity (Wildman–Crippen MR) is 53.1 cm³/mol. The highest BCUT2D eigenvalue weighted by Crippen LogP contribution is 2.23. The number of aryl methyl sites for hydroxylation is 1. The molecule has 78 valence electrons. The first-order valence-corrected chi connectivity index (χ1v) is 5.30.